The molecule has 0 aromatic carbocycles. The van der Waals surface area contributed by atoms with E-state index in [1.54, 1.807) is 0 Å². The Labute approximate surface area is 87.2 Å². The van der Waals surface area contributed by atoms with Gasteiger partial charge in [-0.05, 0) is 0 Å². The molecule has 0 rings (SSSR count). The molecule has 0 bridgehead atoms. The van der Waals surface area contributed by atoms with E-state index in [-0.39, 0.29) is 60.3 Å². The van der Waals surface area contributed by atoms with Crippen molar-refractivity contribution in [2.45, 2.75) is 0 Å². The second-order valence-electron chi connectivity index (χ2n) is 0.408. The Morgan fingerprint density at radius 2 is 1.12 bits per heavy atom. The van der Waals surface area contributed by atoms with Crippen molar-refractivity contribution in [1.29, 1.82) is 0 Å². The van der Waals surface area contributed by atoms with E-state index in [1.165, 1.54) is 0 Å². The van der Waals surface area contributed by atoms with E-state index in [2.05, 4.69) is 0 Å². The van der Waals surface area contributed by atoms with Gasteiger partial charge in [0.2, 0.25) is 0 Å². The van der Waals surface area contributed by atoms with Crippen LogP contribution in [-0.4, -0.2) is 60.7 Å². The molecule has 45 valence electrons. The average Bonchev–Trinajstić information content (AvgIpc) is 0.722. The third-order valence-electron chi connectivity index (χ3n) is 0. The van der Waals surface area contributed by atoms with Crippen LogP contribution in [0.15, 0.2) is 0 Å². The summed E-state index contributed by atoms with van der Waals surface area (Å²) in [6, 6.07) is 0. The summed E-state index contributed by atoms with van der Waals surface area (Å²) >= 11 is 0. The Balaban J connectivity index is -0.0000000267. The monoisotopic (exact) mass is 208 g/mol. The van der Waals surface area contributed by atoms with E-state index in [0.29, 0.717) is 0 Å². The minimum atomic E-state index is -5.17. The molecule has 0 unspecified atom stereocenters. The van der Waals surface area contributed by atoms with Gasteiger partial charge in [-0.15, -0.1) is 0 Å². The van der Waals surface area contributed by atoms with Crippen LogP contribution in [0.5, 0.6) is 0 Å². The summed E-state index contributed by atoms with van der Waals surface area (Å²) in [5.74, 6) is 0. The number of hydrogen-bond donors (Lipinski definition) is 0. The van der Waals surface area contributed by atoms with Crippen LogP contribution < -0.4 is 0 Å². The van der Waals surface area contributed by atoms with Gasteiger partial charge in [-0.3, -0.25) is 8.42 Å². The van der Waals surface area contributed by atoms with Crippen LogP contribution in [0.1, 0.15) is 0 Å². The van der Waals surface area contributed by atoms with E-state index in [1.807, 2.05) is 0 Å². The van der Waals surface area contributed by atoms with Crippen LogP contribution in [0, 0.1) is 0 Å². The van der Waals surface area contributed by atoms with Crippen LogP contribution in [-0.2, 0) is 27.5 Å². The van der Waals surface area contributed by atoms with E-state index >= 15 is 0 Å². The molecule has 0 atom stereocenters. The maximum absolute atomic E-state index is 8.52. The van der Waals surface area contributed by atoms with Gasteiger partial charge in [0.25, 0.3) is 0 Å². The zero-order valence-corrected chi connectivity index (χ0v) is 7.78. The zero-order chi connectivity index (χ0) is 4.50. The van der Waals surface area contributed by atoms with Gasteiger partial charge < -0.3 is 14.6 Å². The Morgan fingerprint density at radius 3 is 1.12 bits per heavy atom. The molecule has 0 aromatic heterocycles. The quantitative estimate of drug-likeness (QED) is 0.262. The van der Waals surface area contributed by atoms with Crippen molar-refractivity contribution in [2.24, 2.45) is 0 Å². The molecule has 0 aliphatic rings. The maximum atomic E-state index is 8.52. The predicted molar refractivity (Wildman–Crippen MR) is 18.2 cm³/mol. The second-order valence-corrected chi connectivity index (χ2v) is 1.22. The van der Waals surface area contributed by atoms with Gasteiger partial charge in [0.05, 0.1) is 0 Å². The first-order valence-corrected chi connectivity index (χ1v) is 2.00. The molecule has 0 aliphatic carbocycles. The topological polar surface area (TPSA) is 110 Å². The minimum Gasteiger partial charge on any atom is -0.870 e. The molecule has 0 heterocycles. The normalized spacial score (nSPS) is 7.25. The first kappa shape index (κ1) is 22.6. The summed E-state index contributed by atoms with van der Waals surface area (Å²) in [7, 11) is -5.17. The van der Waals surface area contributed by atoms with Crippen LogP contribution in [0.3, 0.4) is 0 Å². The molecule has 8 heteroatoms. The van der Waals surface area contributed by atoms with E-state index in [4.69, 9.17) is 17.5 Å². The van der Waals surface area contributed by atoms with Crippen molar-refractivity contribution in [2.75, 3.05) is 0 Å². The molecular weight excluding hydrogens is 207 g/mol. The fraction of sp³-hybridized carbons (Fsp3) is 0. The summed E-state index contributed by atoms with van der Waals surface area (Å²) in [5.41, 5.74) is 0. The molecule has 0 aliphatic heterocycles. The van der Waals surface area contributed by atoms with Crippen molar-refractivity contribution in [1.82, 2.24) is 0 Å². The molecule has 0 amide bonds. The summed E-state index contributed by atoms with van der Waals surface area (Å²) in [6.07, 6.45) is 0. The Bertz CT molecular complexity index is 95.6. The van der Waals surface area contributed by atoms with Gasteiger partial charge in [-0.2, -0.15) is 0 Å². The van der Waals surface area contributed by atoms with Crippen molar-refractivity contribution >= 4 is 48.1 Å². The third kappa shape index (κ3) is 128. The predicted octanol–water partition coefficient (Wildman–Crippen LogP) is -1.90. The average molecular weight is 208 g/mol. The van der Waals surface area contributed by atoms with Crippen molar-refractivity contribution < 1.29 is 40.1 Å². The smallest absolute Gasteiger partial charge is 0.870 e. The molecule has 0 spiro atoms. The molecule has 1 radical (unpaired) electrons. The van der Waals surface area contributed by atoms with Crippen LogP contribution in [0.2, 0.25) is 0 Å². The fourth-order valence-electron chi connectivity index (χ4n) is 0. The van der Waals surface area contributed by atoms with Gasteiger partial charge in [-0.1, -0.05) is 0 Å². The summed E-state index contributed by atoms with van der Waals surface area (Å²) in [5, 5.41) is 0. The molecule has 0 saturated carbocycles. The minimum absolute atomic E-state index is 0. The molecule has 0 fully saturated rings. The molecule has 0 aromatic rings. The van der Waals surface area contributed by atoms with Crippen molar-refractivity contribution in [3.63, 3.8) is 0 Å². The zero-order valence-electron chi connectivity index (χ0n) is 3.57. The van der Waals surface area contributed by atoms with E-state index in [0.717, 1.165) is 0 Å². The summed E-state index contributed by atoms with van der Waals surface area (Å²) < 4.78 is 34.1. The largest absolute Gasteiger partial charge is 2.00 e. The summed E-state index contributed by atoms with van der Waals surface area (Å²) in [4.78, 5) is 0. The molecular formula is HCaMnO5S+. The Kier molecular flexibility index (Phi) is 24.4. The Morgan fingerprint density at radius 1 is 1.12 bits per heavy atom. The van der Waals surface area contributed by atoms with Gasteiger partial charge in [0, 0.05) is 10.4 Å². The van der Waals surface area contributed by atoms with E-state index in [9.17, 15) is 0 Å². The van der Waals surface area contributed by atoms with Gasteiger partial charge in [0.15, 0.2) is 0 Å². The van der Waals surface area contributed by atoms with Gasteiger partial charge in [-0.25, -0.2) is 0 Å². The van der Waals surface area contributed by atoms with Crippen LogP contribution >= 0.6 is 0 Å². The number of rotatable bonds is 0. The van der Waals surface area contributed by atoms with Gasteiger partial charge in [0.1, 0.15) is 0 Å². The summed E-state index contributed by atoms with van der Waals surface area (Å²) in [6.45, 7) is 0. The van der Waals surface area contributed by atoms with Gasteiger partial charge >= 0.3 is 54.8 Å². The SMILES string of the molecule is O=S(=O)([O-])[O-].[Ca+2].[Mn+2].[OH-]. The molecule has 0 saturated heterocycles. The first-order chi connectivity index (χ1) is 2.00. The van der Waals surface area contributed by atoms with Crippen molar-refractivity contribution in [3.05, 3.63) is 0 Å². The Hall–Kier alpha value is 1.61. The molecule has 1 N–H and O–H groups in total. The van der Waals surface area contributed by atoms with Crippen LogP contribution in [0.25, 0.3) is 0 Å². The standard InChI is InChI=1S/Ca.Mn.H2O4S.H2O/c;;1-5(2,3)4;/h;;(H2,1,2,3,4);1H2/q2*+2;;/p-3. The van der Waals surface area contributed by atoms with Crippen molar-refractivity contribution in [3.8, 4) is 0 Å². The van der Waals surface area contributed by atoms with E-state index < -0.39 is 10.4 Å². The van der Waals surface area contributed by atoms with Crippen LogP contribution in [0.4, 0.5) is 0 Å². The second kappa shape index (κ2) is 8.61. The first-order valence-electron chi connectivity index (χ1n) is 0.667. The molecule has 8 heavy (non-hydrogen) atoms. The maximum Gasteiger partial charge on any atom is 2.00 e. The number of hydrogen-bond acceptors (Lipinski definition) is 5. The third-order valence-corrected chi connectivity index (χ3v) is 0. The molecule has 5 nitrogen and oxygen atoms in total. The fourth-order valence-corrected chi connectivity index (χ4v) is 0.